The largest absolute Gasteiger partial charge is 0.507 e. The Labute approximate surface area is 533 Å². The number of phenols is 2. The lowest BCUT2D eigenvalue weighted by molar-refractivity contribution is -0.256. The van der Waals surface area contributed by atoms with E-state index in [0.29, 0.717) is 42.9 Å². The second kappa shape index (κ2) is 29.4. The molecule has 9 amide bonds. The van der Waals surface area contributed by atoms with E-state index >= 15 is 0 Å². The molecule has 10 atom stereocenters. The third kappa shape index (κ3) is 15.0. The molecule has 2 aliphatic carbocycles. The van der Waals surface area contributed by atoms with E-state index in [2.05, 4.69) is 26.2 Å². The molecule has 30 nitrogen and oxygen atoms in total. The van der Waals surface area contributed by atoms with Gasteiger partial charge in [0.15, 0.2) is 31.2 Å². The molecule has 3 aromatic rings. The third-order valence-corrected chi connectivity index (χ3v) is 17.2. The number of primary amides is 1. The minimum absolute atomic E-state index is 0.0282. The zero-order valence-corrected chi connectivity index (χ0v) is 52.1. The van der Waals surface area contributed by atoms with Gasteiger partial charge in [-0.15, -0.1) is 0 Å². The van der Waals surface area contributed by atoms with E-state index in [9.17, 15) is 68.1 Å². The number of aliphatic hydroxyl groups is 1. The number of unbranched alkanes of at least 4 members (excludes halogenated alkanes) is 2. The maximum atomic E-state index is 14.3. The Bertz CT molecular complexity index is 3450. The van der Waals surface area contributed by atoms with Gasteiger partial charge in [-0.1, -0.05) is 44.5 Å². The molecular weight excluding hydrogens is 1220 g/mol. The molecule has 500 valence electrons. The van der Waals surface area contributed by atoms with Gasteiger partial charge in [0.1, 0.15) is 47.6 Å². The van der Waals surface area contributed by atoms with Crippen LogP contribution in [0, 0.1) is 5.92 Å². The number of carbonyl (C=O) groups is 11. The fourth-order valence-electron chi connectivity index (χ4n) is 12.3. The number of ketones is 3. The van der Waals surface area contributed by atoms with Gasteiger partial charge in [-0.25, -0.2) is 19.3 Å². The Balaban J connectivity index is 0.814. The van der Waals surface area contributed by atoms with Gasteiger partial charge in [0.05, 0.1) is 42.6 Å². The van der Waals surface area contributed by atoms with Crippen LogP contribution >= 0.6 is 0 Å². The molecule has 0 aromatic heterocycles. The lowest BCUT2D eigenvalue weighted by atomic mass is 9.72. The molecule has 3 saturated heterocycles. The van der Waals surface area contributed by atoms with Crippen molar-refractivity contribution in [1.29, 1.82) is 0 Å². The predicted octanol–water partition coefficient (Wildman–Crippen LogP) is 2.62. The van der Waals surface area contributed by atoms with Crippen molar-refractivity contribution in [3.05, 3.63) is 93.6 Å². The first-order valence-corrected chi connectivity index (χ1v) is 30.5. The van der Waals surface area contributed by atoms with Crippen LogP contribution in [-0.2, 0) is 75.0 Å². The molecule has 9 rings (SSSR count). The zero-order chi connectivity index (χ0) is 67.2. The van der Waals surface area contributed by atoms with Crippen LogP contribution in [0.5, 0.6) is 17.2 Å². The van der Waals surface area contributed by atoms with Crippen molar-refractivity contribution in [1.82, 2.24) is 30.7 Å². The fourth-order valence-corrected chi connectivity index (χ4v) is 12.3. The van der Waals surface area contributed by atoms with Crippen molar-refractivity contribution in [2.75, 3.05) is 59.4 Å². The molecule has 0 unspecified atom stereocenters. The number of morpholine rings is 1. The molecule has 93 heavy (non-hydrogen) atoms. The van der Waals surface area contributed by atoms with Gasteiger partial charge in [0.25, 0.3) is 11.8 Å². The van der Waals surface area contributed by atoms with Gasteiger partial charge in [-0.3, -0.25) is 48.2 Å². The Morgan fingerprint density at radius 1 is 0.849 bits per heavy atom. The highest BCUT2D eigenvalue weighted by Gasteiger charge is 2.55. The Morgan fingerprint density at radius 3 is 2.25 bits per heavy atom. The summed E-state index contributed by atoms with van der Waals surface area (Å²) in [4.78, 5) is 148. The average molecular weight is 1300 g/mol. The number of Topliss-reactive ketones (excluding diaryl/α,β-unsaturated/α-hetero) is 1. The number of fused-ring (bicyclic) bond motifs is 6. The summed E-state index contributed by atoms with van der Waals surface area (Å²) in [7, 11) is 3.79. The van der Waals surface area contributed by atoms with E-state index in [4.69, 9.17) is 43.6 Å². The van der Waals surface area contributed by atoms with E-state index in [1.807, 2.05) is 0 Å². The van der Waals surface area contributed by atoms with Crippen molar-refractivity contribution < 1.29 is 106 Å². The van der Waals surface area contributed by atoms with Gasteiger partial charge in [-0.2, -0.15) is 0 Å². The van der Waals surface area contributed by atoms with Crippen molar-refractivity contribution in [3.8, 4) is 17.2 Å². The van der Waals surface area contributed by atoms with Crippen LogP contribution < -0.4 is 31.7 Å². The maximum absolute atomic E-state index is 14.3. The summed E-state index contributed by atoms with van der Waals surface area (Å²) in [6.07, 6.45) is -4.78. The van der Waals surface area contributed by atoms with Crippen LogP contribution in [0.4, 0.5) is 20.1 Å². The number of hydrogen-bond donors (Lipinski definition) is 8. The van der Waals surface area contributed by atoms with E-state index < -0.39 is 175 Å². The lowest BCUT2D eigenvalue weighted by Gasteiger charge is -2.43. The van der Waals surface area contributed by atoms with Crippen molar-refractivity contribution in [2.45, 2.75) is 146 Å². The zero-order valence-electron chi connectivity index (χ0n) is 52.1. The van der Waals surface area contributed by atoms with Crippen LogP contribution in [0.3, 0.4) is 0 Å². The molecule has 0 bridgehead atoms. The van der Waals surface area contributed by atoms with E-state index in [1.54, 1.807) is 20.8 Å². The Kier molecular flexibility index (Phi) is 21.6. The minimum Gasteiger partial charge on any atom is -0.507 e. The number of ether oxygens (including phenoxy) is 8. The first kappa shape index (κ1) is 68.5. The first-order valence-electron chi connectivity index (χ1n) is 30.5. The maximum Gasteiger partial charge on any atom is 0.419 e. The number of benzene rings is 3. The summed E-state index contributed by atoms with van der Waals surface area (Å²) in [5.74, 6) is -7.32. The second-order valence-electron chi connectivity index (χ2n) is 23.7. The number of aromatic hydroxyl groups is 2. The number of rotatable bonds is 25. The van der Waals surface area contributed by atoms with Crippen LogP contribution in [0.25, 0.3) is 0 Å². The molecule has 30 heteroatoms. The normalized spacial score (nSPS) is 23.5. The van der Waals surface area contributed by atoms with Gasteiger partial charge in [0, 0.05) is 100 Å². The summed E-state index contributed by atoms with van der Waals surface area (Å²) in [5, 5.41) is 47.2. The second-order valence-corrected chi connectivity index (χ2v) is 23.7. The number of amides is 9. The minimum atomic E-state index is -2.57. The van der Waals surface area contributed by atoms with Crippen molar-refractivity contribution >= 4 is 70.8 Å². The Morgan fingerprint density at radius 2 is 1.56 bits per heavy atom. The number of hydrogen-bond acceptors (Lipinski definition) is 23. The topological polar surface area (TPSA) is 406 Å². The molecule has 4 heterocycles. The van der Waals surface area contributed by atoms with E-state index in [1.165, 1.54) is 68.8 Å². The number of urea groups is 1. The van der Waals surface area contributed by atoms with Crippen molar-refractivity contribution in [3.63, 3.8) is 0 Å². The first-order chi connectivity index (χ1) is 44.3. The SMILES string of the molecule is COc1cccc2c1C(=O)c1c(O)c3c(c(O)c1C2=O)C[C@@](O)(C(=O)COC(=O)N(C)C(=O)OCc1ccc(NC(=O)[C@@H](CCCNC(N)=O)NC(=O)[C@H](NC(=O)CCCCCN2C(=O)C=CC2=O)C(C)C)cc1)C[C@@H]3O[C@H]1C[C@H]2[C@H](O[C@@H]3[C@@H](OC)OCCN32)[C@H](C)O1. The molecule has 3 fully saturated rings. The standard InChI is InChI=1S/C63H76N8O22/c1-31(2)50(68-42(73)15-8-7-9-23-71-43(74)20-21-44(71)75)57(81)67-37(13-11-22-65-60(64)82)56(80)66-34-18-16-33(17-19-34)29-89-61(83)69(4)62(84)90-30-41(72)63(85)27-36-47(54(79)49-48(52(36)77)51(76)35-12-10-14-39(86-5)46(35)53(49)78)40(28-63)92-45-26-38-55(32(3)91-45)93-58-59(87-6)88-25-24-70(38)58/h10,12,14,16-21,31-32,37-38,40,45,50,55,58-59,77,79,85H,7-9,11,13,15,22-30H2,1-6H3,(H,66,80)(H,67,81)(H,68,73)(H3,64,65,82)/t32-,37+,38-,40-,45-,50+,55+,58+,59-,63-/m0/s1. The molecule has 4 aliphatic heterocycles. The van der Waals surface area contributed by atoms with Gasteiger partial charge in [-0.05, 0) is 62.3 Å². The summed E-state index contributed by atoms with van der Waals surface area (Å²) in [5.41, 5.74) is 1.30. The summed E-state index contributed by atoms with van der Waals surface area (Å²) in [6.45, 7) is 4.72. The molecule has 6 aliphatic rings. The molecular formula is C63H76N8O22. The molecule has 0 radical (unpaired) electrons. The molecule has 9 N–H and O–H groups in total. The quantitative estimate of drug-likeness (QED) is 0.0268. The van der Waals surface area contributed by atoms with Gasteiger partial charge >= 0.3 is 18.2 Å². The molecule has 0 saturated carbocycles. The van der Waals surface area contributed by atoms with Crippen LogP contribution in [0.15, 0.2) is 54.6 Å². The predicted molar refractivity (Wildman–Crippen MR) is 321 cm³/mol. The highest BCUT2D eigenvalue weighted by molar-refractivity contribution is 6.31. The number of phenolic OH excluding ortho intramolecular Hbond substituents is 2. The Hall–Kier alpha value is -8.91. The lowest BCUT2D eigenvalue weighted by Crippen LogP contribution is -2.55. The number of methoxy groups -OCH3 is 2. The van der Waals surface area contributed by atoms with Gasteiger partial charge < -0.3 is 80.2 Å². The summed E-state index contributed by atoms with van der Waals surface area (Å²) >= 11 is 0. The van der Waals surface area contributed by atoms with E-state index in [-0.39, 0.29) is 78.5 Å². The third-order valence-electron chi connectivity index (χ3n) is 17.2. The molecule has 0 spiro atoms. The van der Waals surface area contributed by atoms with Crippen LogP contribution in [0.2, 0.25) is 0 Å². The summed E-state index contributed by atoms with van der Waals surface area (Å²) < 4.78 is 46.5. The number of carbonyl (C=O) groups excluding carboxylic acids is 11. The smallest absolute Gasteiger partial charge is 0.419 e. The number of nitrogens with two attached hydrogens (primary N) is 1. The van der Waals surface area contributed by atoms with Crippen LogP contribution in [-0.4, -0.2) is 204 Å². The van der Waals surface area contributed by atoms with Crippen LogP contribution in [0.1, 0.15) is 127 Å². The number of imide groups is 2. The number of nitrogens with zero attached hydrogens (tertiary/aromatic N) is 3. The van der Waals surface area contributed by atoms with E-state index in [0.717, 1.165) is 11.9 Å². The monoisotopic (exact) mass is 1300 g/mol. The number of anilines is 1. The average Bonchev–Trinajstić information content (AvgIpc) is 1.25. The fraction of sp³-hybridized carbons (Fsp3) is 0.508. The highest BCUT2D eigenvalue weighted by atomic mass is 16.7. The highest BCUT2D eigenvalue weighted by Crippen LogP contribution is 2.53. The summed E-state index contributed by atoms with van der Waals surface area (Å²) in [6, 6.07) is 6.88. The van der Waals surface area contributed by atoms with Gasteiger partial charge in [0.2, 0.25) is 29.3 Å². The number of nitrogens with one attached hydrogen (secondary N) is 4. The molecule has 3 aromatic carbocycles. The van der Waals surface area contributed by atoms with Crippen molar-refractivity contribution in [2.24, 2.45) is 11.7 Å².